The second-order valence-corrected chi connectivity index (χ2v) is 7.82. The van der Waals surface area contributed by atoms with Gasteiger partial charge < -0.3 is 19.4 Å². The third kappa shape index (κ3) is 4.12. The van der Waals surface area contributed by atoms with Crippen LogP contribution in [0.2, 0.25) is 0 Å². The van der Waals surface area contributed by atoms with Crippen LogP contribution in [-0.2, 0) is 0 Å². The SMILES string of the molecule is COc1cccc(N2CCN(c3nc(-c4ccccc4ON)nc4ccc(F)cc34)CC2)c1. The zero-order chi connectivity index (χ0) is 22.8. The highest BCUT2D eigenvalue weighted by molar-refractivity contribution is 5.91. The number of halogens is 1. The minimum atomic E-state index is -0.319. The number of methoxy groups -OCH3 is 1. The molecular weight excluding hydrogens is 421 g/mol. The molecule has 1 saturated heterocycles. The van der Waals surface area contributed by atoms with Crippen molar-refractivity contribution in [3.63, 3.8) is 0 Å². The van der Waals surface area contributed by atoms with Crippen molar-refractivity contribution in [2.75, 3.05) is 43.1 Å². The maximum absolute atomic E-state index is 14.2. The van der Waals surface area contributed by atoms with Crippen molar-refractivity contribution in [2.45, 2.75) is 0 Å². The van der Waals surface area contributed by atoms with E-state index in [1.54, 1.807) is 19.2 Å². The molecule has 2 heterocycles. The van der Waals surface area contributed by atoms with E-state index in [9.17, 15) is 4.39 Å². The highest BCUT2D eigenvalue weighted by Gasteiger charge is 2.23. The summed E-state index contributed by atoms with van der Waals surface area (Å²) in [6.07, 6.45) is 0. The van der Waals surface area contributed by atoms with Gasteiger partial charge in [0.15, 0.2) is 11.6 Å². The number of para-hydroxylation sites is 1. The molecule has 7 nitrogen and oxygen atoms in total. The Morgan fingerprint density at radius 2 is 1.67 bits per heavy atom. The first-order valence-corrected chi connectivity index (χ1v) is 10.7. The number of nitrogens with zero attached hydrogens (tertiary/aromatic N) is 4. The molecule has 33 heavy (non-hydrogen) atoms. The standard InChI is InChI=1S/C25H24FN5O2/c1-32-19-6-4-5-18(16-19)30-11-13-31(14-12-30)25-21-15-17(26)9-10-22(21)28-24(29-25)20-7-2-3-8-23(20)33-27/h2-10,15-16H,11-14,27H2,1H3. The Hall–Kier alpha value is -3.91. The van der Waals surface area contributed by atoms with Gasteiger partial charge in [-0.3, -0.25) is 0 Å². The van der Waals surface area contributed by atoms with Crippen molar-refractivity contribution < 1.29 is 14.0 Å². The topological polar surface area (TPSA) is 76.7 Å². The second-order valence-electron chi connectivity index (χ2n) is 7.82. The predicted octanol–water partition coefficient (Wildman–Crippen LogP) is 4.02. The molecule has 3 aromatic carbocycles. The summed E-state index contributed by atoms with van der Waals surface area (Å²) in [5, 5.41) is 0.680. The van der Waals surface area contributed by atoms with E-state index in [1.807, 2.05) is 36.4 Å². The predicted molar refractivity (Wildman–Crippen MR) is 127 cm³/mol. The Morgan fingerprint density at radius 3 is 2.45 bits per heavy atom. The molecule has 0 saturated carbocycles. The number of nitrogens with two attached hydrogens (primary N) is 1. The molecule has 0 atom stereocenters. The summed E-state index contributed by atoms with van der Waals surface area (Å²) in [4.78, 5) is 19.0. The van der Waals surface area contributed by atoms with E-state index in [1.165, 1.54) is 12.1 Å². The lowest BCUT2D eigenvalue weighted by Crippen LogP contribution is -2.47. The third-order valence-corrected chi connectivity index (χ3v) is 5.89. The Labute approximate surface area is 191 Å². The van der Waals surface area contributed by atoms with Gasteiger partial charge in [-0.05, 0) is 42.5 Å². The maximum Gasteiger partial charge on any atom is 0.165 e. The minimum Gasteiger partial charge on any atom is -0.497 e. The first-order valence-electron chi connectivity index (χ1n) is 10.7. The van der Waals surface area contributed by atoms with E-state index in [0.717, 1.165) is 37.6 Å². The van der Waals surface area contributed by atoms with Gasteiger partial charge in [0.2, 0.25) is 0 Å². The van der Waals surface area contributed by atoms with Crippen LogP contribution in [0.25, 0.3) is 22.3 Å². The first-order chi connectivity index (χ1) is 16.2. The molecule has 0 radical (unpaired) electrons. The summed E-state index contributed by atoms with van der Waals surface area (Å²) in [5.74, 6) is 7.64. The summed E-state index contributed by atoms with van der Waals surface area (Å²) >= 11 is 0. The number of rotatable bonds is 5. The number of aromatic nitrogens is 2. The number of hydrogen-bond donors (Lipinski definition) is 1. The molecule has 1 aliphatic heterocycles. The molecule has 1 fully saturated rings. The molecule has 0 spiro atoms. The molecule has 4 aromatic rings. The minimum absolute atomic E-state index is 0.319. The highest BCUT2D eigenvalue weighted by Crippen LogP contribution is 2.33. The lowest BCUT2D eigenvalue weighted by Gasteiger charge is -2.37. The van der Waals surface area contributed by atoms with Crippen LogP contribution in [0.5, 0.6) is 11.5 Å². The molecule has 5 rings (SSSR count). The van der Waals surface area contributed by atoms with Crippen molar-refractivity contribution >= 4 is 22.4 Å². The molecule has 2 N–H and O–H groups in total. The van der Waals surface area contributed by atoms with Gasteiger partial charge in [-0.15, -0.1) is 0 Å². The monoisotopic (exact) mass is 445 g/mol. The summed E-state index contributed by atoms with van der Waals surface area (Å²) in [7, 11) is 1.67. The average Bonchev–Trinajstić information content (AvgIpc) is 2.88. The van der Waals surface area contributed by atoms with Gasteiger partial charge in [-0.2, -0.15) is 5.90 Å². The van der Waals surface area contributed by atoms with Gasteiger partial charge in [0.25, 0.3) is 0 Å². The number of anilines is 2. The first kappa shape index (κ1) is 21.0. The molecule has 0 amide bonds. The van der Waals surface area contributed by atoms with E-state index < -0.39 is 0 Å². The number of benzene rings is 3. The van der Waals surface area contributed by atoms with Crippen LogP contribution in [0.4, 0.5) is 15.9 Å². The van der Waals surface area contributed by atoms with Crippen LogP contribution in [0.1, 0.15) is 0 Å². The molecule has 0 unspecified atom stereocenters. The van der Waals surface area contributed by atoms with Gasteiger partial charge in [0.1, 0.15) is 17.4 Å². The van der Waals surface area contributed by atoms with Crippen molar-refractivity contribution in [3.05, 3.63) is 72.5 Å². The van der Waals surface area contributed by atoms with Crippen molar-refractivity contribution in [1.82, 2.24) is 9.97 Å². The molecule has 8 heteroatoms. The van der Waals surface area contributed by atoms with Gasteiger partial charge >= 0.3 is 0 Å². The summed E-state index contributed by atoms with van der Waals surface area (Å²) in [6.45, 7) is 3.06. The fourth-order valence-electron chi connectivity index (χ4n) is 4.18. The van der Waals surface area contributed by atoms with E-state index in [0.29, 0.717) is 33.9 Å². The number of piperazine rings is 1. The van der Waals surface area contributed by atoms with Gasteiger partial charge in [-0.25, -0.2) is 14.4 Å². The lowest BCUT2D eigenvalue weighted by atomic mass is 10.1. The van der Waals surface area contributed by atoms with Crippen molar-refractivity contribution in [1.29, 1.82) is 0 Å². The molecule has 0 aliphatic carbocycles. The van der Waals surface area contributed by atoms with Gasteiger partial charge in [0.05, 0.1) is 18.2 Å². The molecular formula is C25H24FN5O2. The zero-order valence-corrected chi connectivity index (χ0v) is 18.2. The summed E-state index contributed by atoms with van der Waals surface area (Å²) in [5.41, 5.74) is 2.46. The number of fused-ring (bicyclic) bond motifs is 1. The summed E-state index contributed by atoms with van der Waals surface area (Å²) in [6, 6.07) is 20.0. The quantitative estimate of drug-likeness (QED) is 0.465. The molecule has 168 valence electrons. The number of ether oxygens (including phenoxy) is 1. The normalized spacial score (nSPS) is 13.9. The Morgan fingerprint density at radius 1 is 0.879 bits per heavy atom. The van der Waals surface area contributed by atoms with Crippen LogP contribution in [0.3, 0.4) is 0 Å². The fourth-order valence-corrected chi connectivity index (χ4v) is 4.18. The highest BCUT2D eigenvalue weighted by atomic mass is 19.1. The summed E-state index contributed by atoms with van der Waals surface area (Å²) < 4.78 is 19.5. The number of hydrogen-bond acceptors (Lipinski definition) is 7. The lowest BCUT2D eigenvalue weighted by molar-refractivity contribution is 0.336. The van der Waals surface area contributed by atoms with Crippen molar-refractivity contribution in [2.24, 2.45) is 5.90 Å². The third-order valence-electron chi connectivity index (χ3n) is 5.89. The largest absolute Gasteiger partial charge is 0.497 e. The smallest absolute Gasteiger partial charge is 0.165 e. The Balaban J connectivity index is 1.50. The zero-order valence-electron chi connectivity index (χ0n) is 18.2. The fraction of sp³-hybridized carbons (Fsp3) is 0.200. The van der Waals surface area contributed by atoms with Crippen LogP contribution < -0.4 is 25.3 Å². The van der Waals surface area contributed by atoms with Gasteiger partial charge in [0, 0.05) is 43.3 Å². The molecule has 1 aromatic heterocycles. The second kappa shape index (κ2) is 8.91. The molecule has 1 aliphatic rings. The Kier molecular flexibility index (Phi) is 5.66. The average molecular weight is 445 g/mol. The van der Waals surface area contributed by atoms with E-state index in [-0.39, 0.29) is 5.82 Å². The molecule has 0 bridgehead atoms. The van der Waals surface area contributed by atoms with E-state index in [2.05, 4.69) is 20.9 Å². The van der Waals surface area contributed by atoms with Crippen molar-refractivity contribution in [3.8, 4) is 22.9 Å². The van der Waals surface area contributed by atoms with Crippen LogP contribution in [0, 0.1) is 5.82 Å². The van der Waals surface area contributed by atoms with E-state index >= 15 is 0 Å². The van der Waals surface area contributed by atoms with Crippen LogP contribution >= 0.6 is 0 Å². The van der Waals surface area contributed by atoms with Crippen LogP contribution in [-0.4, -0.2) is 43.3 Å². The Bertz CT molecular complexity index is 1290. The maximum atomic E-state index is 14.2. The van der Waals surface area contributed by atoms with E-state index in [4.69, 9.17) is 20.5 Å². The van der Waals surface area contributed by atoms with Gasteiger partial charge in [-0.1, -0.05) is 18.2 Å². The van der Waals surface area contributed by atoms with Crippen LogP contribution in [0.15, 0.2) is 66.7 Å².